The monoisotopic (exact) mass is 241 g/mol. The Balaban J connectivity index is 2.25. The number of nitrogens with zero attached hydrogens (tertiary/aromatic N) is 1. The second kappa shape index (κ2) is 7.67. The molecule has 4 nitrogen and oxygen atoms in total. The molecule has 1 fully saturated rings. The van der Waals surface area contributed by atoms with Crippen molar-refractivity contribution in [1.29, 1.82) is 0 Å². The molecule has 2 atom stereocenters. The molecule has 0 spiro atoms. The molecule has 1 rings (SSSR count). The molecule has 2 unspecified atom stereocenters. The van der Waals surface area contributed by atoms with Crippen LogP contribution in [-0.4, -0.2) is 44.5 Å². The van der Waals surface area contributed by atoms with Crippen LogP contribution >= 0.6 is 0 Å². The first-order chi connectivity index (χ1) is 8.15. The second-order valence-corrected chi connectivity index (χ2v) is 5.33. The summed E-state index contributed by atoms with van der Waals surface area (Å²) in [6.07, 6.45) is 5.55. The third-order valence-electron chi connectivity index (χ3n) is 3.63. The van der Waals surface area contributed by atoms with Crippen LogP contribution in [-0.2, 0) is 4.79 Å². The third-order valence-corrected chi connectivity index (χ3v) is 3.63. The SMILES string of the molecule is CN(C)CCCNC(=O)C1CCCCC1CN. The first kappa shape index (κ1) is 14.5. The number of hydrogen-bond donors (Lipinski definition) is 2. The molecule has 0 saturated heterocycles. The molecule has 1 saturated carbocycles. The molecule has 100 valence electrons. The van der Waals surface area contributed by atoms with Gasteiger partial charge in [-0.05, 0) is 52.4 Å². The van der Waals surface area contributed by atoms with Crippen LogP contribution in [0.2, 0.25) is 0 Å². The van der Waals surface area contributed by atoms with Gasteiger partial charge in [0, 0.05) is 12.5 Å². The predicted octanol–water partition coefficient (Wildman–Crippen LogP) is 0.819. The maximum absolute atomic E-state index is 12.0. The van der Waals surface area contributed by atoms with Crippen LogP contribution in [0.15, 0.2) is 0 Å². The van der Waals surface area contributed by atoms with Gasteiger partial charge in [-0.2, -0.15) is 0 Å². The van der Waals surface area contributed by atoms with Crippen LogP contribution in [0.5, 0.6) is 0 Å². The molecule has 0 bridgehead atoms. The molecule has 1 amide bonds. The number of nitrogens with two attached hydrogens (primary N) is 1. The van der Waals surface area contributed by atoms with E-state index in [9.17, 15) is 4.79 Å². The standard InChI is InChI=1S/C13H27N3O/c1-16(2)9-5-8-15-13(17)12-7-4-3-6-11(12)10-14/h11-12H,3-10,14H2,1-2H3,(H,15,17). The number of amides is 1. The van der Waals surface area contributed by atoms with E-state index >= 15 is 0 Å². The van der Waals surface area contributed by atoms with Crippen LogP contribution in [0.4, 0.5) is 0 Å². The Morgan fingerprint density at radius 3 is 2.71 bits per heavy atom. The smallest absolute Gasteiger partial charge is 0.223 e. The van der Waals surface area contributed by atoms with Crippen LogP contribution < -0.4 is 11.1 Å². The van der Waals surface area contributed by atoms with E-state index in [1.807, 2.05) is 14.1 Å². The summed E-state index contributed by atoms with van der Waals surface area (Å²) in [5, 5.41) is 3.05. The van der Waals surface area contributed by atoms with Crippen molar-refractivity contribution in [3.8, 4) is 0 Å². The molecular weight excluding hydrogens is 214 g/mol. The van der Waals surface area contributed by atoms with E-state index in [0.717, 1.165) is 32.4 Å². The fourth-order valence-corrected chi connectivity index (χ4v) is 2.57. The molecule has 4 heteroatoms. The largest absolute Gasteiger partial charge is 0.356 e. The lowest BCUT2D eigenvalue weighted by molar-refractivity contribution is -0.127. The number of hydrogen-bond acceptors (Lipinski definition) is 3. The van der Waals surface area contributed by atoms with E-state index in [1.165, 1.54) is 12.8 Å². The summed E-state index contributed by atoms with van der Waals surface area (Å²) in [6, 6.07) is 0. The van der Waals surface area contributed by atoms with E-state index in [1.54, 1.807) is 0 Å². The molecule has 0 aromatic rings. The quantitative estimate of drug-likeness (QED) is 0.677. The Labute approximate surface area is 105 Å². The summed E-state index contributed by atoms with van der Waals surface area (Å²) in [6.45, 7) is 2.45. The van der Waals surface area contributed by atoms with Gasteiger partial charge in [0.25, 0.3) is 0 Å². The Bertz CT molecular complexity index is 231. The van der Waals surface area contributed by atoms with E-state index in [2.05, 4.69) is 10.2 Å². The van der Waals surface area contributed by atoms with Crippen LogP contribution in [0.1, 0.15) is 32.1 Å². The minimum absolute atomic E-state index is 0.160. The topological polar surface area (TPSA) is 58.4 Å². The van der Waals surface area contributed by atoms with Crippen LogP contribution in [0.3, 0.4) is 0 Å². The zero-order valence-electron chi connectivity index (χ0n) is 11.2. The number of carbonyl (C=O) groups excluding carboxylic acids is 1. The van der Waals surface area contributed by atoms with Gasteiger partial charge in [0.2, 0.25) is 5.91 Å². The summed E-state index contributed by atoms with van der Waals surface area (Å²) >= 11 is 0. The Morgan fingerprint density at radius 1 is 1.35 bits per heavy atom. The molecule has 0 aromatic carbocycles. The van der Waals surface area contributed by atoms with Gasteiger partial charge in [-0.25, -0.2) is 0 Å². The molecule has 1 aliphatic rings. The van der Waals surface area contributed by atoms with E-state index < -0.39 is 0 Å². The lowest BCUT2D eigenvalue weighted by Gasteiger charge is -2.29. The average Bonchev–Trinajstić information content (AvgIpc) is 2.34. The molecule has 17 heavy (non-hydrogen) atoms. The van der Waals surface area contributed by atoms with Gasteiger partial charge in [0.1, 0.15) is 0 Å². The van der Waals surface area contributed by atoms with Crippen molar-refractivity contribution in [2.45, 2.75) is 32.1 Å². The van der Waals surface area contributed by atoms with E-state index in [4.69, 9.17) is 5.73 Å². The highest BCUT2D eigenvalue weighted by Crippen LogP contribution is 2.29. The number of carbonyl (C=O) groups is 1. The molecule has 0 heterocycles. The first-order valence-electron chi connectivity index (χ1n) is 6.77. The Morgan fingerprint density at radius 2 is 2.06 bits per heavy atom. The summed E-state index contributed by atoms with van der Waals surface area (Å²) in [5.74, 6) is 0.782. The van der Waals surface area contributed by atoms with Crippen LogP contribution in [0.25, 0.3) is 0 Å². The highest BCUT2D eigenvalue weighted by atomic mass is 16.1. The van der Waals surface area contributed by atoms with Crippen molar-refractivity contribution in [3.63, 3.8) is 0 Å². The minimum Gasteiger partial charge on any atom is -0.356 e. The predicted molar refractivity (Wildman–Crippen MR) is 70.7 cm³/mol. The van der Waals surface area contributed by atoms with Crippen molar-refractivity contribution in [3.05, 3.63) is 0 Å². The van der Waals surface area contributed by atoms with Crippen molar-refractivity contribution in [1.82, 2.24) is 10.2 Å². The minimum atomic E-state index is 0.160. The average molecular weight is 241 g/mol. The molecular formula is C13H27N3O. The zero-order valence-corrected chi connectivity index (χ0v) is 11.2. The van der Waals surface area contributed by atoms with Gasteiger partial charge in [-0.1, -0.05) is 12.8 Å². The fraction of sp³-hybridized carbons (Fsp3) is 0.923. The van der Waals surface area contributed by atoms with E-state index in [0.29, 0.717) is 12.5 Å². The number of rotatable bonds is 6. The Hall–Kier alpha value is -0.610. The first-order valence-corrected chi connectivity index (χ1v) is 6.77. The second-order valence-electron chi connectivity index (χ2n) is 5.33. The summed E-state index contributed by atoms with van der Waals surface area (Å²) in [7, 11) is 4.10. The highest BCUT2D eigenvalue weighted by Gasteiger charge is 2.29. The molecule has 0 aromatic heterocycles. The number of nitrogens with one attached hydrogen (secondary N) is 1. The fourth-order valence-electron chi connectivity index (χ4n) is 2.57. The normalized spacial score (nSPS) is 24.9. The highest BCUT2D eigenvalue weighted by molar-refractivity contribution is 5.79. The van der Waals surface area contributed by atoms with Crippen molar-refractivity contribution in [2.24, 2.45) is 17.6 Å². The van der Waals surface area contributed by atoms with Gasteiger partial charge < -0.3 is 16.0 Å². The zero-order chi connectivity index (χ0) is 12.7. The van der Waals surface area contributed by atoms with Crippen molar-refractivity contribution in [2.75, 3.05) is 33.7 Å². The van der Waals surface area contributed by atoms with Crippen molar-refractivity contribution < 1.29 is 4.79 Å². The lowest BCUT2D eigenvalue weighted by Crippen LogP contribution is -2.40. The van der Waals surface area contributed by atoms with Crippen molar-refractivity contribution >= 4 is 5.91 Å². The molecule has 0 radical (unpaired) electrons. The summed E-state index contributed by atoms with van der Waals surface area (Å²) < 4.78 is 0. The third kappa shape index (κ3) is 5.04. The molecule has 3 N–H and O–H groups in total. The Kier molecular flexibility index (Phi) is 6.52. The summed E-state index contributed by atoms with van der Waals surface area (Å²) in [4.78, 5) is 14.2. The van der Waals surface area contributed by atoms with Gasteiger partial charge >= 0.3 is 0 Å². The lowest BCUT2D eigenvalue weighted by atomic mass is 9.79. The maximum atomic E-state index is 12.0. The maximum Gasteiger partial charge on any atom is 0.223 e. The summed E-state index contributed by atoms with van der Waals surface area (Å²) in [5.41, 5.74) is 5.74. The molecule has 1 aliphatic carbocycles. The van der Waals surface area contributed by atoms with E-state index in [-0.39, 0.29) is 11.8 Å². The van der Waals surface area contributed by atoms with Gasteiger partial charge in [-0.15, -0.1) is 0 Å². The van der Waals surface area contributed by atoms with Crippen LogP contribution in [0, 0.1) is 11.8 Å². The molecule has 0 aliphatic heterocycles. The van der Waals surface area contributed by atoms with Gasteiger partial charge in [0.05, 0.1) is 0 Å². The van der Waals surface area contributed by atoms with Gasteiger partial charge in [0.15, 0.2) is 0 Å². The van der Waals surface area contributed by atoms with Gasteiger partial charge in [-0.3, -0.25) is 4.79 Å².